The summed E-state index contributed by atoms with van der Waals surface area (Å²) in [6.45, 7) is 0. The average Bonchev–Trinajstić information content (AvgIpc) is 3.94. The quantitative estimate of drug-likeness (QED) is 0.178. The highest BCUT2D eigenvalue weighted by Crippen LogP contribution is 2.43. The van der Waals surface area contributed by atoms with Crippen molar-refractivity contribution in [1.29, 1.82) is 0 Å². The van der Waals surface area contributed by atoms with Gasteiger partial charge in [0.25, 0.3) is 0 Å². The molecule has 1 unspecified atom stereocenters. The van der Waals surface area contributed by atoms with Crippen molar-refractivity contribution in [3.8, 4) is 16.8 Å². The van der Waals surface area contributed by atoms with Gasteiger partial charge < -0.3 is 18.3 Å². The Hall–Kier alpha value is -7.30. The number of anilines is 2. The molecule has 1 atom stereocenters. The molecule has 56 heavy (non-hydrogen) atoms. The van der Waals surface area contributed by atoms with Crippen molar-refractivity contribution in [3.63, 3.8) is 0 Å². The van der Waals surface area contributed by atoms with E-state index in [9.17, 15) is 0 Å². The molecule has 0 bridgehead atoms. The van der Waals surface area contributed by atoms with Crippen LogP contribution in [-0.4, -0.2) is 10.6 Å². The monoisotopic (exact) mass is 718 g/mol. The smallest absolute Gasteiger partial charge is 0.143 e. The van der Waals surface area contributed by atoms with Crippen molar-refractivity contribution in [2.75, 3.05) is 4.90 Å². The van der Waals surface area contributed by atoms with E-state index in [1.807, 2.05) is 6.07 Å². The number of fused-ring (bicyclic) bond motifs is 11. The van der Waals surface area contributed by atoms with Crippen molar-refractivity contribution in [1.82, 2.24) is 4.57 Å². The molecule has 0 saturated heterocycles. The molecule has 264 valence electrons. The highest BCUT2D eigenvalue weighted by Gasteiger charge is 2.28. The molecule has 3 heterocycles. The number of nitrogens with zero attached hydrogens (tertiary/aromatic N) is 2. The summed E-state index contributed by atoms with van der Waals surface area (Å²) in [6.07, 6.45) is 5.28. The molecule has 3 aromatic heterocycles. The Bertz CT molecular complexity index is 3310. The minimum absolute atomic E-state index is 0.0357. The van der Waals surface area contributed by atoms with E-state index in [2.05, 4.69) is 191 Å². The van der Waals surface area contributed by atoms with E-state index in [1.54, 1.807) is 0 Å². The van der Waals surface area contributed by atoms with Gasteiger partial charge in [-0.05, 0) is 83.8 Å². The second-order valence-electron chi connectivity index (χ2n) is 14.8. The molecule has 0 saturated carbocycles. The van der Waals surface area contributed by atoms with E-state index in [1.165, 1.54) is 38.1 Å². The standard InChI is InChI=1S/C52H34N2O2/c1-2-13-39-33(11-1)21-28-43-44-31-34(22-29-51(44)56-52(39)43)38-12-3-7-17-46(38)53(37-27-30-50-45(32-37)42-16-6-10-20-49(42)55-50)35-23-25-36(26-24-35)54-47-18-8-4-14-40(47)41-15-5-9-19-48(41)54/h1-31,37H,32H2. The van der Waals surface area contributed by atoms with Crippen LogP contribution in [0.15, 0.2) is 191 Å². The molecule has 4 nitrogen and oxygen atoms in total. The zero-order valence-corrected chi connectivity index (χ0v) is 30.4. The Labute approximate surface area is 322 Å². The largest absolute Gasteiger partial charge is 0.456 e. The van der Waals surface area contributed by atoms with E-state index in [0.29, 0.717) is 0 Å². The SMILES string of the molecule is C1=CC(N(c2ccc(-n3c4ccccc4c4ccccc43)cc2)c2ccccc2-c2ccc3oc4c5ccccc5ccc4c3c2)Cc2c1oc1ccccc21. The first-order valence-electron chi connectivity index (χ1n) is 19.3. The molecule has 0 radical (unpaired) electrons. The van der Waals surface area contributed by atoms with Crippen LogP contribution in [-0.2, 0) is 6.42 Å². The van der Waals surface area contributed by atoms with Crippen molar-refractivity contribution < 1.29 is 8.83 Å². The van der Waals surface area contributed by atoms with E-state index in [-0.39, 0.29) is 6.04 Å². The molecule has 1 aliphatic carbocycles. The Morgan fingerprint density at radius 3 is 2.02 bits per heavy atom. The van der Waals surface area contributed by atoms with Crippen LogP contribution in [0.2, 0.25) is 0 Å². The van der Waals surface area contributed by atoms with Gasteiger partial charge in [0.2, 0.25) is 0 Å². The number of para-hydroxylation sites is 4. The molecule has 0 spiro atoms. The van der Waals surface area contributed by atoms with Gasteiger partial charge in [-0.15, -0.1) is 0 Å². The van der Waals surface area contributed by atoms with Crippen LogP contribution in [0.3, 0.4) is 0 Å². The van der Waals surface area contributed by atoms with Gasteiger partial charge in [0.1, 0.15) is 22.5 Å². The lowest BCUT2D eigenvalue weighted by atomic mass is 9.93. The molecule has 12 rings (SSSR count). The van der Waals surface area contributed by atoms with Crippen LogP contribution >= 0.6 is 0 Å². The Balaban J connectivity index is 1.02. The maximum Gasteiger partial charge on any atom is 0.143 e. The lowest BCUT2D eigenvalue weighted by molar-refractivity contribution is 0.590. The molecule has 11 aromatic rings. The van der Waals surface area contributed by atoms with Crippen LogP contribution in [0.25, 0.3) is 88.4 Å². The minimum Gasteiger partial charge on any atom is -0.456 e. The number of hydrogen-bond donors (Lipinski definition) is 0. The summed E-state index contributed by atoms with van der Waals surface area (Å²) < 4.78 is 15.2. The maximum atomic E-state index is 6.52. The van der Waals surface area contributed by atoms with Crippen molar-refractivity contribution in [2.45, 2.75) is 12.5 Å². The zero-order valence-electron chi connectivity index (χ0n) is 30.4. The number of hydrogen-bond acceptors (Lipinski definition) is 3. The summed E-state index contributed by atoms with van der Waals surface area (Å²) in [5, 5.41) is 8.25. The first-order chi connectivity index (χ1) is 27.8. The Morgan fingerprint density at radius 2 is 1.20 bits per heavy atom. The zero-order chi connectivity index (χ0) is 36.7. The molecule has 0 fully saturated rings. The highest BCUT2D eigenvalue weighted by molar-refractivity contribution is 6.16. The normalized spacial score (nSPS) is 14.1. The molecule has 0 amide bonds. The molecular weight excluding hydrogens is 685 g/mol. The van der Waals surface area contributed by atoms with E-state index in [4.69, 9.17) is 8.83 Å². The topological polar surface area (TPSA) is 34.5 Å². The van der Waals surface area contributed by atoms with Crippen molar-refractivity contribution in [2.24, 2.45) is 0 Å². The number of furan rings is 2. The molecule has 0 N–H and O–H groups in total. The molecule has 1 aliphatic rings. The predicted molar refractivity (Wildman–Crippen MR) is 232 cm³/mol. The van der Waals surface area contributed by atoms with Gasteiger partial charge in [-0.2, -0.15) is 0 Å². The van der Waals surface area contributed by atoms with Gasteiger partial charge in [-0.3, -0.25) is 0 Å². The number of aromatic nitrogens is 1. The van der Waals surface area contributed by atoms with Gasteiger partial charge in [0, 0.05) is 66.9 Å². The third kappa shape index (κ3) is 4.66. The molecular formula is C52H34N2O2. The lowest BCUT2D eigenvalue weighted by Gasteiger charge is -2.35. The van der Waals surface area contributed by atoms with Crippen molar-refractivity contribution >= 4 is 82.9 Å². The van der Waals surface area contributed by atoms with Gasteiger partial charge in [0.15, 0.2) is 0 Å². The maximum absolute atomic E-state index is 6.52. The van der Waals surface area contributed by atoms with Crippen LogP contribution in [0.4, 0.5) is 11.4 Å². The van der Waals surface area contributed by atoms with Crippen LogP contribution in [0, 0.1) is 0 Å². The third-order valence-corrected chi connectivity index (χ3v) is 11.7. The molecule has 0 aliphatic heterocycles. The third-order valence-electron chi connectivity index (χ3n) is 11.7. The van der Waals surface area contributed by atoms with Gasteiger partial charge >= 0.3 is 0 Å². The van der Waals surface area contributed by atoms with Gasteiger partial charge in [0.05, 0.1) is 17.1 Å². The lowest BCUT2D eigenvalue weighted by Crippen LogP contribution is -2.33. The average molecular weight is 719 g/mol. The summed E-state index contributed by atoms with van der Waals surface area (Å²) in [7, 11) is 0. The second kappa shape index (κ2) is 12.1. The first kappa shape index (κ1) is 31.1. The van der Waals surface area contributed by atoms with Crippen LogP contribution < -0.4 is 4.90 Å². The summed E-state index contributed by atoms with van der Waals surface area (Å²) in [6, 6.07) is 63.2. The summed E-state index contributed by atoms with van der Waals surface area (Å²) in [5.74, 6) is 0.946. The predicted octanol–water partition coefficient (Wildman–Crippen LogP) is 14.0. The number of rotatable bonds is 5. The minimum atomic E-state index is 0.0357. The van der Waals surface area contributed by atoms with Crippen LogP contribution in [0.1, 0.15) is 11.3 Å². The van der Waals surface area contributed by atoms with E-state index < -0.39 is 0 Å². The fourth-order valence-electron chi connectivity index (χ4n) is 9.19. The van der Waals surface area contributed by atoms with Gasteiger partial charge in [-0.1, -0.05) is 115 Å². The fraction of sp³-hybridized carbons (Fsp3) is 0.0385. The first-order valence-corrected chi connectivity index (χ1v) is 19.3. The Morgan fingerprint density at radius 1 is 0.518 bits per heavy atom. The summed E-state index contributed by atoms with van der Waals surface area (Å²) >= 11 is 0. The Kier molecular flexibility index (Phi) is 6.72. The summed E-state index contributed by atoms with van der Waals surface area (Å²) in [5.41, 5.74) is 12.1. The summed E-state index contributed by atoms with van der Waals surface area (Å²) in [4.78, 5) is 2.51. The molecule has 8 aromatic carbocycles. The van der Waals surface area contributed by atoms with Crippen molar-refractivity contribution in [3.05, 3.63) is 193 Å². The van der Waals surface area contributed by atoms with Gasteiger partial charge in [-0.25, -0.2) is 0 Å². The highest BCUT2D eigenvalue weighted by atomic mass is 16.3. The van der Waals surface area contributed by atoms with Crippen LogP contribution in [0.5, 0.6) is 0 Å². The number of benzene rings is 8. The van der Waals surface area contributed by atoms with E-state index in [0.717, 1.165) is 73.3 Å². The van der Waals surface area contributed by atoms with E-state index >= 15 is 0 Å². The second-order valence-corrected chi connectivity index (χ2v) is 14.8. The fourth-order valence-corrected chi connectivity index (χ4v) is 9.19. The molecule has 4 heteroatoms.